The molecule has 0 radical (unpaired) electrons. The smallest absolute Gasteiger partial charge is 0.338 e. The summed E-state index contributed by atoms with van der Waals surface area (Å²) in [6.07, 6.45) is 3.34. The van der Waals surface area contributed by atoms with Crippen molar-refractivity contribution in [3.63, 3.8) is 0 Å². The van der Waals surface area contributed by atoms with Crippen LogP contribution in [0.3, 0.4) is 0 Å². The van der Waals surface area contributed by atoms with E-state index < -0.39 is 0 Å². The van der Waals surface area contributed by atoms with Crippen molar-refractivity contribution in [3.8, 4) is 0 Å². The highest BCUT2D eigenvalue weighted by atomic mass is 16.5. The summed E-state index contributed by atoms with van der Waals surface area (Å²) in [6, 6.07) is 7.94. The standard InChI is InChI=1S/C16H23NO3/c1-3-9-20-16(18)12-5-7-13(8-6-12)17-14-10-15(11-14)19-4-2/h5-8,14-15,17H,3-4,9-11H2,1-2H3. The zero-order chi connectivity index (χ0) is 14.4. The quantitative estimate of drug-likeness (QED) is 0.777. The predicted octanol–water partition coefficient (Wildman–Crippen LogP) is 3.23. The van der Waals surface area contributed by atoms with Gasteiger partial charge in [-0.15, -0.1) is 0 Å². The first kappa shape index (κ1) is 14.9. The van der Waals surface area contributed by atoms with Crippen molar-refractivity contribution < 1.29 is 14.3 Å². The fourth-order valence-corrected chi connectivity index (χ4v) is 2.27. The van der Waals surface area contributed by atoms with Crippen molar-refractivity contribution in [1.29, 1.82) is 0 Å². The summed E-state index contributed by atoms with van der Waals surface area (Å²) in [5.41, 5.74) is 1.64. The second-order valence-corrected chi connectivity index (χ2v) is 5.10. The van der Waals surface area contributed by atoms with E-state index in [1.807, 2.05) is 26.0 Å². The largest absolute Gasteiger partial charge is 0.462 e. The molecule has 0 saturated heterocycles. The number of rotatable bonds is 7. The summed E-state index contributed by atoms with van der Waals surface area (Å²) in [6.45, 7) is 5.26. The first-order valence-electron chi connectivity index (χ1n) is 7.38. The molecule has 1 saturated carbocycles. The van der Waals surface area contributed by atoms with Crippen LogP contribution in [0.15, 0.2) is 24.3 Å². The van der Waals surface area contributed by atoms with Crippen molar-refractivity contribution in [1.82, 2.24) is 0 Å². The summed E-state index contributed by atoms with van der Waals surface area (Å²) >= 11 is 0. The molecule has 1 aromatic rings. The van der Waals surface area contributed by atoms with Gasteiger partial charge in [-0.1, -0.05) is 6.92 Å². The van der Waals surface area contributed by atoms with E-state index in [0.29, 0.717) is 24.3 Å². The van der Waals surface area contributed by atoms with Crippen molar-refractivity contribution in [2.75, 3.05) is 18.5 Å². The van der Waals surface area contributed by atoms with Crippen LogP contribution in [-0.4, -0.2) is 31.3 Å². The van der Waals surface area contributed by atoms with Crippen LogP contribution in [0.4, 0.5) is 5.69 Å². The van der Waals surface area contributed by atoms with Gasteiger partial charge in [-0.05, 0) is 50.5 Å². The average Bonchev–Trinajstić information content (AvgIpc) is 2.43. The molecule has 4 heteroatoms. The molecule has 20 heavy (non-hydrogen) atoms. The van der Waals surface area contributed by atoms with Crippen molar-refractivity contribution in [2.45, 2.75) is 45.3 Å². The van der Waals surface area contributed by atoms with Crippen molar-refractivity contribution in [2.24, 2.45) is 0 Å². The maximum atomic E-state index is 11.7. The van der Waals surface area contributed by atoms with E-state index in [0.717, 1.165) is 31.6 Å². The van der Waals surface area contributed by atoms with E-state index >= 15 is 0 Å². The maximum Gasteiger partial charge on any atom is 0.338 e. The number of hydrogen-bond acceptors (Lipinski definition) is 4. The molecule has 4 nitrogen and oxygen atoms in total. The van der Waals surface area contributed by atoms with Gasteiger partial charge in [-0.25, -0.2) is 4.79 Å². The van der Waals surface area contributed by atoms with Crippen LogP contribution in [0.1, 0.15) is 43.5 Å². The molecule has 1 aromatic carbocycles. The van der Waals surface area contributed by atoms with E-state index in [4.69, 9.17) is 9.47 Å². The lowest BCUT2D eigenvalue weighted by molar-refractivity contribution is 0.00299. The lowest BCUT2D eigenvalue weighted by Crippen LogP contribution is -2.40. The lowest BCUT2D eigenvalue weighted by atomic mass is 9.89. The second kappa shape index (κ2) is 7.29. The van der Waals surface area contributed by atoms with E-state index in [-0.39, 0.29) is 5.97 Å². The van der Waals surface area contributed by atoms with Gasteiger partial charge in [0.15, 0.2) is 0 Å². The molecule has 0 bridgehead atoms. The number of esters is 1. The first-order chi connectivity index (χ1) is 9.72. The molecule has 0 aliphatic heterocycles. The molecular weight excluding hydrogens is 254 g/mol. The third kappa shape index (κ3) is 3.97. The number of benzene rings is 1. The molecular formula is C16H23NO3. The van der Waals surface area contributed by atoms with Crippen LogP contribution >= 0.6 is 0 Å². The SMILES string of the molecule is CCCOC(=O)c1ccc(NC2CC(OCC)C2)cc1. The highest BCUT2D eigenvalue weighted by molar-refractivity contribution is 5.89. The van der Waals surface area contributed by atoms with E-state index in [2.05, 4.69) is 5.32 Å². The van der Waals surface area contributed by atoms with Gasteiger partial charge in [-0.3, -0.25) is 0 Å². The second-order valence-electron chi connectivity index (χ2n) is 5.10. The van der Waals surface area contributed by atoms with E-state index in [9.17, 15) is 4.79 Å². The van der Waals surface area contributed by atoms with Gasteiger partial charge in [0.2, 0.25) is 0 Å². The normalized spacial score (nSPS) is 21.1. The Kier molecular flexibility index (Phi) is 5.41. The molecule has 1 fully saturated rings. The Bertz CT molecular complexity index is 424. The molecule has 0 atom stereocenters. The Balaban J connectivity index is 1.79. The van der Waals surface area contributed by atoms with Crippen LogP contribution < -0.4 is 5.32 Å². The number of carbonyl (C=O) groups is 1. The Morgan fingerprint density at radius 3 is 2.55 bits per heavy atom. The third-order valence-corrected chi connectivity index (χ3v) is 3.43. The summed E-state index contributed by atoms with van der Waals surface area (Å²) in [7, 11) is 0. The number of nitrogens with one attached hydrogen (secondary N) is 1. The zero-order valence-corrected chi connectivity index (χ0v) is 12.2. The molecule has 0 unspecified atom stereocenters. The van der Waals surface area contributed by atoms with Gasteiger partial charge in [0.05, 0.1) is 18.3 Å². The summed E-state index contributed by atoms with van der Waals surface area (Å²) < 4.78 is 10.6. The lowest BCUT2D eigenvalue weighted by Gasteiger charge is -2.36. The number of carbonyl (C=O) groups excluding carboxylic acids is 1. The summed E-state index contributed by atoms with van der Waals surface area (Å²) in [4.78, 5) is 11.7. The maximum absolute atomic E-state index is 11.7. The van der Waals surface area contributed by atoms with Gasteiger partial charge < -0.3 is 14.8 Å². The Labute approximate surface area is 120 Å². The molecule has 0 heterocycles. The molecule has 2 rings (SSSR count). The Morgan fingerprint density at radius 2 is 1.95 bits per heavy atom. The predicted molar refractivity (Wildman–Crippen MR) is 79.1 cm³/mol. The van der Waals surface area contributed by atoms with Crippen molar-refractivity contribution >= 4 is 11.7 Å². The average molecular weight is 277 g/mol. The highest BCUT2D eigenvalue weighted by Crippen LogP contribution is 2.26. The summed E-state index contributed by atoms with van der Waals surface area (Å²) in [5, 5.41) is 3.44. The molecule has 0 amide bonds. The first-order valence-corrected chi connectivity index (χ1v) is 7.38. The fourth-order valence-electron chi connectivity index (χ4n) is 2.27. The molecule has 1 aliphatic carbocycles. The zero-order valence-electron chi connectivity index (χ0n) is 12.2. The van der Waals surface area contributed by atoms with Gasteiger partial charge >= 0.3 is 5.97 Å². The van der Waals surface area contributed by atoms with Crippen LogP contribution in [0.5, 0.6) is 0 Å². The minimum absolute atomic E-state index is 0.251. The van der Waals surface area contributed by atoms with Gasteiger partial charge in [0.25, 0.3) is 0 Å². The van der Waals surface area contributed by atoms with E-state index in [1.54, 1.807) is 12.1 Å². The van der Waals surface area contributed by atoms with Crippen LogP contribution in [0.2, 0.25) is 0 Å². The number of ether oxygens (including phenoxy) is 2. The minimum atomic E-state index is -0.251. The Morgan fingerprint density at radius 1 is 1.25 bits per heavy atom. The van der Waals surface area contributed by atoms with Gasteiger partial charge in [-0.2, -0.15) is 0 Å². The summed E-state index contributed by atoms with van der Waals surface area (Å²) in [5.74, 6) is -0.251. The number of anilines is 1. The number of hydrogen-bond donors (Lipinski definition) is 1. The minimum Gasteiger partial charge on any atom is -0.462 e. The van der Waals surface area contributed by atoms with Crippen LogP contribution in [-0.2, 0) is 9.47 Å². The third-order valence-electron chi connectivity index (χ3n) is 3.43. The van der Waals surface area contributed by atoms with Gasteiger partial charge in [0, 0.05) is 18.3 Å². The van der Waals surface area contributed by atoms with Crippen LogP contribution in [0.25, 0.3) is 0 Å². The Hall–Kier alpha value is -1.55. The molecule has 1 aliphatic rings. The monoisotopic (exact) mass is 277 g/mol. The van der Waals surface area contributed by atoms with Crippen LogP contribution in [0, 0.1) is 0 Å². The molecule has 0 spiro atoms. The van der Waals surface area contributed by atoms with Crippen molar-refractivity contribution in [3.05, 3.63) is 29.8 Å². The molecule has 0 aromatic heterocycles. The fraction of sp³-hybridized carbons (Fsp3) is 0.562. The molecule has 1 N–H and O–H groups in total. The van der Waals surface area contributed by atoms with Gasteiger partial charge in [0.1, 0.15) is 0 Å². The van der Waals surface area contributed by atoms with E-state index in [1.165, 1.54) is 0 Å². The topological polar surface area (TPSA) is 47.6 Å². The molecule has 110 valence electrons. The highest BCUT2D eigenvalue weighted by Gasteiger charge is 2.29.